The second-order valence-corrected chi connectivity index (χ2v) is 15.0. The fourth-order valence-electron chi connectivity index (χ4n) is 3.61. The summed E-state index contributed by atoms with van der Waals surface area (Å²) in [6.45, 7) is 11.5. The Morgan fingerprint density at radius 3 is 2.47 bits per heavy atom. The van der Waals surface area contributed by atoms with Crippen LogP contribution in [-0.4, -0.2) is 69.5 Å². The van der Waals surface area contributed by atoms with E-state index in [1.807, 2.05) is 18.2 Å². The second kappa shape index (κ2) is 12.8. The molecular formula is C27H34N2O6Si. The molecule has 0 saturated carbocycles. The Hall–Kier alpha value is -3.77. The molecule has 0 aliphatic heterocycles. The van der Waals surface area contributed by atoms with Gasteiger partial charge in [-0.05, 0) is 24.1 Å². The molecule has 1 heterocycles. The van der Waals surface area contributed by atoms with Gasteiger partial charge in [0.25, 0.3) is 0 Å². The molecule has 8 nitrogen and oxygen atoms in total. The summed E-state index contributed by atoms with van der Waals surface area (Å²) in [5, 5.41) is 0.775. The first kappa shape index (κ1) is 28.5. The zero-order valence-corrected chi connectivity index (χ0v) is 22.6. The molecule has 0 aliphatic rings. The molecule has 0 N–H and O–H groups in total. The number of aromatic nitrogens is 1. The third kappa shape index (κ3) is 7.36. The molecule has 0 radical (unpaired) electrons. The van der Waals surface area contributed by atoms with Gasteiger partial charge in [0.15, 0.2) is 0 Å². The van der Waals surface area contributed by atoms with Crippen LogP contribution >= 0.6 is 0 Å². The van der Waals surface area contributed by atoms with E-state index < -0.39 is 26.1 Å². The van der Waals surface area contributed by atoms with Crippen LogP contribution in [0, 0.1) is 12.3 Å². The molecule has 0 fully saturated rings. The third-order valence-corrected chi connectivity index (χ3v) is 7.23. The van der Waals surface area contributed by atoms with Gasteiger partial charge in [-0.2, -0.15) is 0 Å². The number of nitrogens with zero attached hydrogens (tertiary/aromatic N) is 2. The quantitative estimate of drug-likeness (QED) is 0.146. The van der Waals surface area contributed by atoms with Crippen LogP contribution in [0.25, 0.3) is 16.5 Å². The van der Waals surface area contributed by atoms with E-state index in [1.54, 1.807) is 17.2 Å². The van der Waals surface area contributed by atoms with Crippen molar-refractivity contribution in [1.29, 1.82) is 0 Å². The summed E-state index contributed by atoms with van der Waals surface area (Å²) in [5.74, 6) is 1.40. The third-order valence-electron chi connectivity index (χ3n) is 5.52. The Morgan fingerprint density at radius 1 is 1.17 bits per heavy atom. The van der Waals surface area contributed by atoms with Gasteiger partial charge in [-0.1, -0.05) is 50.3 Å². The minimum Gasteiger partial charge on any atom is -0.466 e. The van der Waals surface area contributed by atoms with Gasteiger partial charge >= 0.3 is 18.0 Å². The van der Waals surface area contributed by atoms with Gasteiger partial charge in [-0.15, -0.1) is 6.42 Å². The highest BCUT2D eigenvalue weighted by Crippen LogP contribution is 2.32. The highest BCUT2D eigenvalue weighted by atomic mass is 28.3. The fourth-order valence-corrected chi connectivity index (χ4v) is 4.32. The number of hydrogen-bond acceptors (Lipinski definition) is 7. The first-order chi connectivity index (χ1) is 17.0. The number of ether oxygens (including phenoxy) is 3. The molecule has 0 saturated heterocycles. The van der Waals surface area contributed by atoms with Crippen LogP contribution < -0.4 is 0 Å². The molecule has 0 atom stereocenters. The largest absolute Gasteiger partial charge is 0.466 e. The molecule has 0 unspecified atom stereocenters. The lowest BCUT2D eigenvalue weighted by Crippen LogP contribution is -2.25. The molecule has 0 aliphatic carbocycles. The van der Waals surface area contributed by atoms with E-state index >= 15 is 0 Å². The van der Waals surface area contributed by atoms with Gasteiger partial charge in [-0.25, -0.2) is 19.0 Å². The van der Waals surface area contributed by atoms with Crippen molar-refractivity contribution in [3.63, 3.8) is 0 Å². The lowest BCUT2D eigenvalue weighted by molar-refractivity contribution is -0.135. The van der Waals surface area contributed by atoms with Crippen LogP contribution in [0.3, 0.4) is 0 Å². The Kier molecular flexibility index (Phi) is 10.1. The van der Waals surface area contributed by atoms with Crippen molar-refractivity contribution in [2.45, 2.75) is 32.1 Å². The summed E-state index contributed by atoms with van der Waals surface area (Å²) < 4.78 is 16.6. The molecule has 0 bridgehead atoms. The second-order valence-electron chi connectivity index (χ2n) is 9.34. The predicted octanol–water partition coefficient (Wildman–Crippen LogP) is 4.31. The van der Waals surface area contributed by atoms with Crippen molar-refractivity contribution >= 4 is 42.6 Å². The summed E-state index contributed by atoms with van der Waals surface area (Å²) in [5.41, 5.74) is 1.69. The van der Waals surface area contributed by atoms with Crippen molar-refractivity contribution in [2.24, 2.45) is 0 Å². The van der Waals surface area contributed by atoms with Crippen molar-refractivity contribution in [1.82, 2.24) is 9.47 Å². The summed E-state index contributed by atoms with van der Waals surface area (Å²) in [4.78, 5) is 39.1. The first-order valence-corrected chi connectivity index (χ1v) is 15.3. The number of para-hydroxylation sites is 1. The van der Waals surface area contributed by atoms with Gasteiger partial charge in [-0.3, -0.25) is 0 Å². The number of benzene rings is 1. The zero-order chi connectivity index (χ0) is 26.9. The van der Waals surface area contributed by atoms with Crippen LogP contribution in [0.1, 0.15) is 11.3 Å². The lowest BCUT2D eigenvalue weighted by Gasteiger charge is -2.18. The zero-order valence-electron chi connectivity index (χ0n) is 21.6. The van der Waals surface area contributed by atoms with E-state index in [-0.39, 0.29) is 18.7 Å². The number of carbonyl (C=O) groups is 3. The summed E-state index contributed by atoms with van der Waals surface area (Å²) in [7, 11) is 1.13. The first-order valence-electron chi connectivity index (χ1n) is 11.5. The minimum absolute atomic E-state index is 0.0412. The lowest BCUT2D eigenvalue weighted by atomic mass is 10.0. The Balaban J connectivity index is 2.55. The molecular weight excluding hydrogens is 476 g/mol. The van der Waals surface area contributed by atoms with Crippen LogP contribution in [-0.2, 0) is 30.2 Å². The van der Waals surface area contributed by atoms with E-state index in [1.165, 1.54) is 24.9 Å². The smallest absolute Gasteiger partial charge is 0.418 e. The van der Waals surface area contributed by atoms with Gasteiger partial charge < -0.3 is 19.1 Å². The van der Waals surface area contributed by atoms with Crippen LogP contribution in [0.2, 0.25) is 25.7 Å². The Labute approximate surface area is 213 Å². The predicted molar refractivity (Wildman–Crippen MR) is 143 cm³/mol. The molecule has 0 spiro atoms. The van der Waals surface area contributed by atoms with Gasteiger partial charge in [0.05, 0.1) is 44.2 Å². The topological polar surface area (TPSA) is 87.1 Å². The number of carbonyl (C=O) groups excluding carboxylic acids is 3. The molecule has 0 amide bonds. The van der Waals surface area contributed by atoms with Crippen molar-refractivity contribution in [3.05, 3.63) is 54.4 Å². The highest BCUT2D eigenvalue weighted by Gasteiger charge is 2.27. The summed E-state index contributed by atoms with van der Waals surface area (Å²) in [6, 6.07) is 8.15. The molecule has 192 valence electrons. The normalized spacial score (nSPS) is 11.2. The summed E-state index contributed by atoms with van der Waals surface area (Å²) >= 11 is 0. The van der Waals surface area contributed by atoms with Gasteiger partial charge in [0.1, 0.15) is 0 Å². The molecule has 36 heavy (non-hydrogen) atoms. The Bertz CT molecular complexity index is 1200. The highest BCUT2D eigenvalue weighted by molar-refractivity contribution is 6.76. The van der Waals surface area contributed by atoms with E-state index in [0.717, 1.165) is 17.0 Å². The average molecular weight is 511 g/mol. The molecule has 2 rings (SSSR count). The van der Waals surface area contributed by atoms with Crippen molar-refractivity contribution < 1.29 is 28.6 Å². The van der Waals surface area contributed by atoms with Gasteiger partial charge in [0.2, 0.25) is 0 Å². The number of fused-ring (bicyclic) bond motifs is 1. The number of rotatable bonds is 11. The van der Waals surface area contributed by atoms with Crippen LogP contribution in [0.4, 0.5) is 4.79 Å². The number of methoxy groups -OCH3 is 2. The number of esters is 2. The average Bonchev–Trinajstić information content (AvgIpc) is 3.17. The number of hydrogen-bond donors (Lipinski definition) is 0. The fraction of sp³-hybridized carbons (Fsp3) is 0.370. The van der Waals surface area contributed by atoms with E-state index in [9.17, 15) is 14.4 Å². The van der Waals surface area contributed by atoms with E-state index in [4.69, 9.17) is 15.9 Å². The summed E-state index contributed by atoms with van der Waals surface area (Å²) in [6.07, 6.45) is 8.16. The molecule has 1 aromatic heterocycles. The molecule has 1 aromatic carbocycles. The maximum atomic E-state index is 13.3. The van der Waals surface area contributed by atoms with Crippen LogP contribution in [0.5, 0.6) is 0 Å². The van der Waals surface area contributed by atoms with E-state index in [2.05, 4.69) is 36.9 Å². The van der Waals surface area contributed by atoms with Crippen molar-refractivity contribution in [3.8, 4) is 12.3 Å². The minimum atomic E-state index is -1.42. The SMILES string of the molecule is C#CCN(/C=C/C(=O)OC)CCc1c(C(=C)C(=O)OC)n(C(=O)OCC[Si](C)(C)C)c2ccccc12. The van der Waals surface area contributed by atoms with E-state index in [0.29, 0.717) is 24.2 Å². The monoisotopic (exact) mass is 510 g/mol. The van der Waals surface area contributed by atoms with Gasteiger partial charge in [0, 0.05) is 32.3 Å². The molecule has 2 aromatic rings. The maximum absolute atomic E-state index is 13.3. The Morgan fingerprint density at radius 2 is 1.86 bits per heavy atom. The molecule has 9 heteroatoms. The maximum Gasteiger partial charge on any atom is 0.418 e. The standard InChI is InChI=1S/C27H34N2O6Si/c1-8-15-28(17-14-24(30)33-3)16-13-22-21-11-9-10-12-23(21)29(25(22)20(2)26(31)34-4)27(32)35-18-19-36(5,6)7/h1,9-12,14,17H,2,13,15-16,18-19H2,3-7H3/b17-14+. The number of terminal acetylenes is 1. The van der Waals surface area contributed by atoms with Crippen molar-refractivity contribution in [2.75, 3.05) is 33.9 Å². The van der Waals surface area contributed by atoms with Crippen LogP contribution in [0.15, 0.2) is 43.1 Å².